The van der Waals surface area contributed by atoms with Crippen molar-refractivity contribution < 1.29 is 19.4 Å². The average Bonchev–Trinajstić information content (AvgIpc) is 2.87. The van der Waals surface area contributed by atoms with Crippen LogP contribution in [0.25, 0.3) is 0 Å². The maximum atomic E-state index is 12.4. The molecule has 1 aromatic rings. The highest BCUT2D eigenvalue weighted by atomic mass is 79.9. The van der Waals surface area contributed by atoms with Gasteiger partial charge in [0.1, 0.15) is 11.3 Å². The van der Waals surface area contributed by atoms with Crippen molar-refractivity contribution in [3.63, 3.8) is 0 Å². The zero-order valence-corrected chi connectivity index (χ0v) is 14.8. The number of ether oxygens (including phenoxy) is 1. The van der Waals surface area contributed by atoms with E-state index in [1.807, 2.05) is 13.8 Å². The van der Waals surface area contributed by atoms with Crippen molar-refractivity contribution in [1.82, 2.24) is 5.32 Å². The summed E-state index contributed by atoms with van der Waals surface area (Å²) in [5.41, 5.74) is -0.800. The van der Waals surface area contributed by atoms with E-state index in [4.69, 9.17) is 4.74 Å². The molecule has 2 rings (SSSR count). The number of carboxylic acid groups (broad SMARTS) is 1. The van der Waals surface area contributed by atoms with E-state index in [-0.39, 0.29) is 6.10 Å². The number of carbonyl (C=O) groups excluding carboxylic acids is 1. The first kappa shape index (κ1) is 17.1. The number of hydrogen-bond donors (Lipinski definition) is 2. The van der Waals surface area contributed by atoms with E-state index in [2.05, 4.69) is 21.2 Å². The van der Waals surface area contributed by atoms with Gasteiger partial charge in [0.2, 0.25) is 0 Å². The zero-order valence-electron chi connectivity index (χ0n) is 12.4. The molecule has 0 saturated carbocycles. The fraction of sp³-hybridized carbons (Fsp3) is 0.467. The van der Waals surface area contributed by atoms with E-state index in [0.717, 1.165) is 5.75 Å². The molecular formula is C15H18BrNO4S. The van der Waals surface area contributed by atoms with Gasteiger partial charge in [0.05, 0.1) is 6.10 Å². The number of hydrogen-bond acceptors (Lipinski definition) is 4. The second-order valence-electron chi connectivity index (χ2n) is 5.49. The van der Waals surface area contributed by atoms with Crippen molar-refractivity contribution in [2.75, 3.05) is 11.5 Å². The van der Waals surface area contributed by atoms with Crippen LogP contribution in [0.5, 0.6) is 5.75 Å². The monoisotopic (exact) mass is 387 g/mol. The summed E-state index contributed by atoms with van der Waals surface area (Å²) in [6.07, 6.45) is 0.420. The van der Waals surface area contributed by atoms with Gasteiger partial charge < -0.3 is 15.2 Å². The Morgan fingerprint density at radius 3 is 2.68 bits per heavy atom. The van der Waals surface area contributed by atoms with E-state index in [1.165, 1.54) is 11.8 Å². The van der Waals surface area contributed by atoms with Crippen molar-refractivity contribution in [2.24, 2.45) is 0 Å². The molecule has 0 spiro atoms. The quantitative estimate of drug-likeness (QED) is 0.811. The van der Waals surface area contributed by atoms with Crippen LogP contribution in [0.15, 0.2) is 22.7 Å². The molecule has 0 aromatic heterocycles. The van der Waals surface area contributed by atoms with Gasteiger partial charge in [0, 0.05) is 15.8 Å². The Morgan fingerprint density at radius 2 is 2.14 bits per heavy atom. The highest BCUT2D eigenvalue weighted by molar-refractivity contribution is 9.10. The molecule has 7 heteroatoms. The van der Waals surface area contributed by atoms with Crippen LogP contribution in [0.1, 0.15) is 30.6 Å². The van der Waals surface area contributed by atoms with E-state index in [0.29, 0.717) is 28.0 Å². The van der Waals surface area contributed by atoms with Crippen molar-refractivity contribution in [1.29, 1.82) is 0 Å². The molecule has 1 saturated heterocycles. The number of thioether (sulfide) groups is 1. The van der Waals surface area contributed by atoms with E-state index in [9.17, 15) is 14.7 Å². The van der Waals surface area contributed by atoms with Crippen LogP contribution < -0.4 is 10.1 Å². The number of amides is 1. The van der Waals surface area contributed by atoms with Crippen LogP contribution in [0.3, 0.4) is 0 Å². The topological polar surface area (TPSA) is 75.6 Å². The van der Waals surface area contributed by atoms with Gasteiger partial charge in [-0.3, -0.25) is 4.79 Å². The Kier molecular flexibility index (Phi) is 5.39. The lowest BCUT2D eigenvalue weighted by atomic mass is 9.98. The Bertz CT molecular complexity index is 585. The van der Waals surface area contributed by atoms with Crippen molar-refractivity contribution in [2.45, 2.75) is 31.9 Å². The number of carbonyl (C=O) groups is 2. The minimum Gasteiger partial charge on any atom is -0.491 e. The summed E-state index contributed by atoms with van der Waals surface area (Å²) in [4.78, 5) is 23.9. The van der Waals surface area contributed by atoms with Gasteiger partial charge in [-0.1, -0.05) is 15.9 Å². The maximum Gasteiger partial charge on any atom is 0.330 e. The van der Waals surface area contributed by atoms with Crippen LogP contribution in [0.2, 0.25) is 0 Å². The SMILES string of the molecule is CC(C)Oc1cc(Br)cc(C(=O)NC2(C(=O)O)CCSC2)c1. The Morgan fingerprint density at radius 1 is 1.41 bits per heavy atom. The lowest BCUT2D eigenvalue weighted by molar-refractivity contribution is -0.143. The largest absolute Gasteiger partial charge is 0.491 e. The molecule has 22 heavy (non-hydrogen) atoms. The minimum atomic E-state index is -1.18. The number of halogens is 1. The van der Waals surface area contributed by atoms with Crippen molar-refractivity contribution in [3.05, 3.63) is 28.2 Å². The number of benzene rings is 1. The van der Waals surface area contributed by atoms with Gasteiger partial charge in [0.15, 0.2) is 0 Å². The van der Waals surface area contributed by atoms with Crippen LogP contribution >= 0.6 is 27.7 Å². The normalized spacial score (nSPS) is 20.9. The van der Waals surface area contributed by atoms with Crippen LogP contribution in [0, 0.1) is 0 Å². The molecule has 0 aliphatic carbocycles. The summed E-state index contributed by atoms with van der Waals surface area (Å²) >= 11 is 4.88. The van der Waals surface area contributed by atoms with Gasteiger partial charge >= 0.3 is 5.97 Å². The third-order valence-corrected chi connectivity index (χ3v) is 4.94. The van der Waals surface area contributed by atoms with Gasteiger partial charge in [-0.05, 0) is 44.2 Å². The third kappa shape index (κ3) is 3.95. The smallest absolute Gasteiger partial charge is 0.330 e. The third-order valence-electron chi connectivity index (χ3n) is 3.29. The Labute approximate surface area is 141 Å². The second-order valence-corrected chi connectivity index (χ2v) is 7.51. The molecule has 2 N–H and O–H groups in total. The van der Waals surface area contributed by atoms with Gasteiger partial charge in [0.25, 0.3) is 5.91 Å². The number of rotatable bonds is 5. The summed E-state index contributed by atoms with van der Waals surface area (Å²) in [7, 11) is 0. The summed E-state index contributed by atoms with van der Waals surface area (Å²) < 4.78 is 6.31. The molecule has 1 fully saturated rings. The first-order chi connectivity index (χ1) is 10.3. The summed E-state index contributed by atoms with van der Waals surface area (Å²) in [5.74, 6) is 0.295. The summed E-state index contributed by atoms with van der Waals surface area (Å²) in [6, 6.07) is 5.05. The minimum absolute atomic E-state index is 0.0122. The van der Waals surface area contributed by atoms with E-state index >= 15 is 0 Å². The van der Waals surface area contributed by atoms with Gasteiger partial charge in [-0.25, -0.2) is 4.79 Å². The molecule has 0 radical (unpaired) electrons. The molecule has 1 unspecified atom stereocenters. The van der Waals surface area contributed by atoms with Crippen molar-refractivity contribution in [3.8, 4) is 5.75 Å². The van der Waals surface area contributed by atoms with Crippen LogP contribution in [-0.4, -0.2) is 40.1 Å². The number of aliphatic carboxylic acids is 1. The molecule has 1 atom stereocenters. The van der Waals surface area contributed by atoms with Gasteiger partial charge in [-0.2, -0.15) is 11.8 Å². The lowest BCUT2D eigenvalue weighted by Gasteiger charge is -2.24. The molecule has 1 aromatic carbocycles. The molecule has 0 bridgehead atoms. The molecular weight excluding hydrogens is 370 g/mol. The molecule has 5 nitrogen and oxygen atoms in total. The Hall–Kier alpha value is -1.21. The maximum absolute atomic E-state index is 12.4. The predicted molar refractivity (Wildman–Crippen MR) is 89.7 cm³/mol. The lowest BCUT2D eigenvalue weighted by Crippen LogP contribution is -2.54. The van der Waals surface area contributed by atoms with Crippen molar-refractivity contribution >= 4 is 39.6 Å². The molecule has 1 aliphatic rings. The fourth-order valence-corrected chi connectivity index (χ4v) is 4.01. The molecule has 120 valence electrons. The first-order valence-electron chi connectivity index (χ1n) is 6.93. The predicted octanol–water partition coefficient (Wildman–Crippen LogP) is 2.93. The zero-order chi connectivity index (χ0) is 16.3. The number of carboxylic acids is 1. The molecule has 1 aliphatic heterocycles. The highest BCUT2D eigenvalue weighted by Crippen LogP contribution is 2.29. The standard InChI is InChI=1S/C15H18BrNO4S/c1-9(2)21-12-6-10(5-11(16)7-12)13(18)17-15(14(19)20)3-4-22-8-15/h5-7,9H,3-4,8H2,1-2H3,(H,17,18)(H,19,20). The number of nitrogens with one attached hydrogen (secondary N) is 1. The second kappa shape index (κ2) is 6.91. The van der Waals surface area contributed by atoms with E-state index in [1.54, 1.807) is 18.2 Å². The highest BCUT2D eigenvalue weighted by Gasteiger charge is 2.43. The summed E-state index contributed by atoms with van der Waals surface area (Å²) in [5, 5.41) is 12.1. The Balaban J connectivity index is 2.22. The van der Waals surface area contributed by atoms with Gasteiger partial charge in [-0.15, -0.1) is 0 Å². The first-order valence-corrected chi connectivity index (χ1v) is 8.88. The van der Waals surface area contributed by atoms with Crippen LogP contribution in [0.4, 0.5) is 0 Å². The van der Waals surface area contributed by atoms with Crippen LogP contribution in [-0.2, 0) is 4.79 Å². The molecule has 1 heterocycles. The van der Waals surface area contributed by atoms with E-state index < -0.39 is 17.4 Å². The summed E-state index contributed by atoms with van der Waals surface area (Å²) in [6.45, 7) is 3.80. The average molecular weight is 388 g/mol. The fourth-order valence-electron chi connectivity index (χ4n) is 2.21. The molecule has 1 amide bonds.